The van der Waals surface area contributed by atoms with Crippen molar-refractivity contribution in [1.29, 1.82) is 0 Å². The van der Waals surface area contributed by atoms with Crippen LogP contribution in [0.15, 0.2) is 47.4 Å². The molecule has 110 valence electrons. The standard InChI is InChI=1S/C15H16N2O4/c1-17-9-11(7-8-15(17)19)16-14(18)10-21-13-6-4-3-5-12(13)20-2/h3-9H,10H2,1-2H3,(H,16,18). The van der Waals surface area contributed by atoms with Crippen LogP contribution in [0.4, 0.5) is 5.69 Å². The highest BCUT2D eigenvalue weighted by molar-refractivity contribution is 5.91. The van der Waals surface area contributed by atoms with Crippen molar-refractivity contribution in [3.05, 3.63) is 52.9 Å². The molecule has 0 spiro atoms. The van der Waals surface area contributed by atoms with Gasteiger partial charge < -0.3 is 19.4 Å². The molecule has 1 heterocycles. The molecule has 6 heteroatoms. The zero-order chi connectivity index (χ0) is 15.2. The molecule has 0 aliphatic carbocycles. The lowest BCUT2D eigenvalue weighted by molar-refractivity contribution is -0.118. The first kappa shape index (κ1) is 14.6. The van der Waals surface area contributed by atoms with Crippen LogP contribution in [0.25, 0.3) is 0 Å². The summed E-state index contributed by atoms with van der Waals surface area (Å²) < 4.78 is 11.9. The number of para-hydroxylation sites is 2. The molecule has 1 N–H and O–H groups in total. The molecule has 0 bridgehead atoms. The van der Waals surface area contributed by atoms with Gasteiger partial charge in [-0.3, -0.25) is 9.59 Å². The Balaban J connectivity index is 1.96. The molecule has 0 saturated carbocycles. The third kappa shape index (κ3) is 3.85. The van der Waals surface area contributed by atoms with E-state index >= 15 is 0 Å². The van der Waals surface area contributed by atoms with Crippen LogP contribution in [0.3, 0.4) is 0 Å². The number of ether oxygens (including phenoxy) is 2. The summed E-state index contributed by atoms with van der Waals surface area (Å²) in [6.45, 7) is -0.150. The monoisotopic (exact) mass is 288 g/mol. The second kappa shape index (κ2) is 6.60. The van der Waals surface area contributed by atoms with Gasteiger partial charge in [0, 0.05) is 19.3 Å². The van der Waals surface area contributed by atoms with E-state index in [1.54, 1.807) is 37.5 Å². The SMILES string of the molecule is COc1ccccc1OCC(=O)Nc1ccc(=O)n(C)c1. The Kier molecular flexibility index (Phi) is 4.61. The fourth-order valence-corrected chi connectivity index (χ4v) is 1.75. The predicted molar refractivity (Wildman–Crippen MR) is 78.8 cm³/mol. The lowest BCUT2D eigenvalue weighted by atomic mass is 10.3. The fraction of sp³-hybridized carbons (Fsp3) is 0.200. The highest BCUT2D eigenvalue weighted by Crippen LogP contribution is 2.25. The summed E-state index contributed by atoms with van der Waals surface area (Å²) in [6.07, 6.45) is 1.54. The van der Waals surface area contributed by atoms with Crippen LogP contribution in [0.1, 0.15) is 0 Å². The number of carbonyl (C=O) groups is 1. The number of anilines is 1. The number of methoxy groups -OCH3 is 1. The van der Waals surface area contributed by atoms with Crippen molar-refractivity contribution in [2.75, 3.05) is 19.0 Å². The molecule has 0 atom stereocenters. The van der Waals surface area contributed by atoms with E-state index < -0.39 is 0 Å². The van der Waals surface area contributed by atoms with E-state index in [2.05, 4.69) is 5.32 Å². The summed E-state index contributed by atoms with van der Waals surface area (Å²) in [4.78, 5) is 23.1. The Bertz CT molecular complexity index is 694. The third-order valence-corrected chi connectivity index (χ3v) is 2.80. The van der Waals surface area contributed by atoms with E-state index in [1.165, 1.54) is 17.7 Å². The Morgan fingerprint density at radius 2 is 1.90 bits per heavy atom. The van der Waals surface area contributed by atoms with E-state index in [-0.39, 0.29) is 18.1 Å². The van der Waals surface area contributed by atoms with Crippen molar-refractivity contribution in [3.63, 3.8) is 0 Å². The van der Waals surface area contributed by atoms with E-state index in [0.29, 0.717) is 17.2 Å². The zero-order valence-electron chi connectivity index (χ0n) is 11.8. The molecule has 2 rings (SSSR count). The second-order valence-corrected chi connectivity index (χ2v) is 4.35. The number of nitrogens with one attached hydrogen (secondary N) is 1. The van der Waals surface area contributed by atoms with Crippen molar-refractivity contribution in [2.45, 2.75) is 0 Å². The molecule has 0 radical (unpaired) electrons. The highest BCUT2D eigenvalue weighted by atomic mass is 16.5. The first-order valence-corrected chi connectivity index (χ1v) is 6.32. The van der Waals surface area contributed by atoms with E-state index in [9.17, 15) is 9.59 Å². The van der Waals surface area contributed by atoms with Crippen LogP contribution in [-0.2, 0) is 11.8 Å². The Morgan fingerprint density at radius 3 is 2.57 bits per heavy atom. The van der Waals surface area contributed by atoms with E-state index in [0.717, 1.165) is 0 Å². The van der Waals surface area contributed by atoms with Crippen LogP contribution in [-0.4, -0.2) is 24.2 Å². The molecule has 6 nitrogen and oxygen atoms in total. The Labute approximate surface area is 121 Å². The summed E-state index contributed by atoms with van der Waals surface area (Å²) in [6, 6.07) is 10.0. The number of rotatable bonds is 5. The van der Waals surface area contributed by atoms with Gasteiger partial charge in [-0.15, -0.1) is 0 Å². The largest absolute Gasteiger partial charge is 0.493 e. The highest BCUT2D eigenvalue weighted by Gasteiger charge is 2.07. The summed E-state index contributed by atoms with van der Waals surface area (Å²) in [5.41, 5.74) is 0.393. The minimum atomic E-state index is -0.320. The number of hydrogen-bond acceptors (Lipinski definition) is 4. The van der Waals surface area contributed by atoms with Gasteiger partial charge in [-0.2, -0.15) is 0 Å². The Hall–Kier alpha value is -2.76. The van der Waals surface area contributed by atoms with Crippen LogP contribution < -0.4 is 20.3 Å². The van der Waals surface area contributed by atoms with Crippen molar-refractivity contribution in [3.8, 4) is 11.5 Å². The summed E-state index contributed by atoms with van der Waals surface area (Å²) in [7, 11) is 3.15. The van der Waals surface area contributed by atoms with Gasteiger partial charge in [0.25, 0.3) is 5.91 Å². The molecular weight excluding hydrogens is 272 g/mol. The number of aryl methyl sites for hydroxylation is 1. The average molecular weight is 288 g/mol. The third-order valence-electron chi connectivity index (χ3n) is 2.80. The van der Waals surface area contributed by atoms with Gasteiger partial charge in [0.1, 0.15) is 0 Å². The summed E-state index contributed by atoms with van der Waals surface area (Å²) >= 11 is 0. The minimum absolute atomic E-state index is 0.140. The van der Waals surface area contributed by atoms with Crippen molar-refractivity contribution in [1.82, 2.24) is 4.57 Å². The van der Waals surface area contributed by atoms with Crippen molar-refractivity contribution in [2.24, 2.45) is 7.05 Å². The average Bonchev–Trinajstić information content (AvgIpc) is 2.49. The van der Waals surface area contributed by atoms with Crippen LogP contribution in [0.5, 0.6) is 11.5 Å². The first-order valence-electron chi connectivity index (χ1n) is 6.32. The number of carbonyl (C=O) groups excluding carboxylic acids is 1. The molecule has 1 aromatic heterocycles. The van der Waals surface area contributed by atoms with Gasteiger partial charge in [-0.25, -0.2) is 0 Å². The topological polar surface area (TPSA) is 69.6 Å². The normalized spacial score (nSPS) is 10.0. The van der Waals surface area contributed by atoms with Gasteiger partial charge in [0.05, 0.1) is 12.8 Å². The molecule has 2 aromatic rings. The lowest BCUT2D eigenvalue weighted by Crippen LogP contribution is -2.22. The van der Waals surface area contributed by atoms with Gasteiger partial charge >= 0.3 is 0 Å². The number of hydrogen-bond donors (Lipinski definition) is 1. The molecule has 1 amide bonds. The number of aromatic nitrogens is 1. The molecule has 0 aliphatic heterocycles. The maximum atomic E-state index is 11.8. The van der Waals surface area contributed by atoms with Gasteiger partial charge in [0.15, 0.2) is 18.1 Å². The number of benzene rings is 1. The molecule has 0 fully saturated rings. The Morgan fingerprint density at radius 1 is 1.19 bits per heavy atom. The number of pyridine rings is 1. The fourth-order valence-electron chi connectivity index (χ4n) is 1.75. The van der Waals surface area contributed by atoms with Crippen LogP contribution in [0.2, 0.25) is 0 Å². The summed E-state index contributed by atoms with van der Waals surface area (Å²) in [5.74, 6) is 0.738. The van der Waals surface area contributed by atoms with Gasteiger partial charge in [-0.05, 0) is 18.2 Å². The lowest BCUT2D eigenvalue weighted by Gasteiger charge is -2.10. The molecule has 1 aromatic carbocycles. The quantitative estimate of drug-likeness (QED) is 0.903. The summed E-state index contributed by atoms with van der Waals surface area (Å²) in [5, 5.41) is 2.65. The van der Waals surface area contributed by atoms with E-state index in [4.69, 9.17) is 9.47 Å². The van der Waals surface area contributed by atoms with Crippen molar-refractivity contribution < 1.29 is 14.3 Å². The zero-order valence-corrected chi connectivity index (χ0v) is 11.8. The molecule has 21 heavy (non-hydrogen) atoms. The first-order chi connectivity index (χ1) is 10.1. The van der Waals surface area contributed by atoms with Crippen molar-refractivity contribution >= 4 is 11.6 Å². The second-order valence-electron chi connectivity index (χ2n) is 4.35. The van der Waals surface area contributed by atoms with E-state index in [1.807, 2.05) is 6.07 Å². The maximum absolute atomic E-state index is 11.8. The van der Waals surface area contributed by atoms with Gasteiger partial charge in [-0.1, -0.05) is 12.1 Å². The molecular formula is C15H16N2O4. The molecule has 0 aliphatic rings. The molecule has 0 unspecified atom stereocenters. The van der Waals surface area contributed by atoms with Gasteiger partial charge in [0.2, 0.25) is 5.56 Å². The smallest absolute Gasteiger partial charge is 0.262 e. The van der Waals surface area contributed by atoms with Crippen LogP contribution in [0, 0.1) is 0 Å². The minimum Gasteiger partial charge on any atom is -0.493 e. The number of nitrogens with zero attached hydrogens (tertiary/aromatic N) is 1. The van der Waals surface area contributed by atoms with Crippen LogP contribution >= 0.6 is 0 Å². The maximum Gasteiger partial charge on any atom is 0.262 e. The predicted octanol–water partition coefficient (Wildman–Crippen LogP) is 1.41. The number of amides is 1. The molecule has 0 saturated heterocycles.